The summed E-state index contributed by atoms with van der Waals surface area (Å²) < 4.78 is 7.83. The second-order valence-corrected chi connectivity index (χ2v) is 11.3. The number of halogens is 1. The Morgan fingerprint density at radius 3 is 2.51 bits per heavy atom. The fraction of sp³-hybridized carbons (Fsp3) is 0.250. The summed E-state index contributed by atoms with van der Waals surface area (Å²) >= 11 is 6.47. The zero-order valence-electron chi connectivity index (χ0n) is 24.2. The predicted molar refractivity (Wildman–Crippen MR) is 167 cm³/mol. The number of rotatable bonds is 7. The van der Waals surface area contributed by atoms with Crippen molar-refractivity contribution in [3.05, 3.63) is 88.6 Å². The van der Waals surface area contributed by atoms with Crippen LogP contribution in [0.15, 0.2) is 66.9 Å². The van der Waals surface area contributed by atoms with Gasteiger partial charge in [-0.1, -0.05) is 17.7 Å². The molecule has 1 aliphatic rings. The first kappa shape index (κ1) is 28.6. The summed E-state index contributed by atoms with van der Waals surface area (Å²) in [6.07, 6.45) is 1.77. The van der Waals surface area contributed by atoms with Gasteiger partial charge in [0.1, 0.15) is 16.9 Å². The number of carbonyl (C=O) groups is 1. The third-order valence-corrected chi connectivity index (χ3v) is 7.90. The van der Waals surface area contributed by atoms with Crippen molar-refractivity contribution in [3.63, 3.8) is 0 Å². The quantitative estimate of drug-likeness (QED) is 0.254. The average Bonchev–Trinajstić information content (AvgIpc) is 3.37. The van der Waals surface area contributed by atoms with Crippen molar-refractivity contribution >= 4 is 34.2 Å². The van der Waals surface area contributed by atoms with Gasteiger partial charge in [-0.15, -0.1) is 0 Å². The van der Waals surface area contributed by atoms with E-state index in [9.17, 15) is 9.90 Å². The van der Waals surface area contributed by atoms with E-state index >= 15 is 0 Å². The predicted octanol–water partition coefficient (Wildman–Crippen LogP) is 5.49. The number of aromatic hydroxyl groups is 1. The highest BCUT2D eigenvalue weighted by molar-refractivity contribution is 6.34. The molecule has 1 aliphatic heterocycles. The maximum atomic E-state index is 13.3. The topological polar surface area (TPSA) is 109 Å². The SMILES string of the molecule is Cc1cc(NC(=O)c2cc(Oc3nc(-c4ccc(O)cc4)nc4nn(C)cc34)ccc2Cl)ccc1CN1CCN(C)CC1. The van der Waals surface area contributed by atoms with Crippen LogP contribution in [0, 0.1) is 6.92 Å². The highest BCUT2D eigenvalue weighted by Gasteiger charge is 2.18. The fourth-order valence-electron chi connectivity index (χ4n) is 5.06. The first-order chi connectivity index (χ1) is 20.7. The van der Waals surface area contributed by atoms with Gasteiger partial charge in [0, 0.05) is 57.2 Å². The van der Waals surface area contributed by atoms with E-state index in [-0.39, 0.29) is 23.1 Å². The number of phenolic OH excluding ortho intramolecular Hbond substituents is 1. The van der Waals surface area contributed by atoms with E-state index in [0.717, 1.165) is 38.3 Å². The van der Waals surface area contributed by atoms with Crippen LogP contribution in [0.5, 0.6) is 17.4 Å². The van der Waals surface area contributed by atoms with Gasteiger partial charge in [-0.3, -0.25) is 14.4 Å². The lowest BCUT2D eigenvalue weighted by Gasteiger charge is -2.32. The Morgan fingerprint density at radius 1 is 1.00 bits per heavy atom. The smallest absolute Gasteiger partial charge is 0.257 e. The molecule has 3 heterocycles. The average molecular weight is 598 g/mol. The molecular weight excluding hydrogens is 566 g/mol. The molecule has 2 aromatic heterocycles. The summed E-state index contributed by atoms with van der Waals surface area (Å²) in [7, 11) is 3.94. The molecule has 43 heavy (non-hydrogen) atoms. The standard InChI is InChI=1S/C32H32ClN7O3/c1-20-16-23(7-4-22(20)18-40-14-12-38(2)13-15-40)34-31(42)26-17-25(10-11-28(26)33)43-32-27-19-39(3)37-30(27)35-29(36-32)21-5-8-24(41)9-6-21/h4-11,16-17,19,41H,12-15,18H2,1-3H3,(H,34,42). The number of nitrogens with zero attached hydrogens (tertiary/aromatic N) is 6. The number of amides is 1. The third-order valence-electron chi connectivity index (χ3n) is 7.57. The van der Waals surface area contributed by atoms with Crippen LogP contribution in [0.1, 0.15) is 21.5 Å². The van der Waals surface area contributed by atoms with Crippen molar-refractivity contribution in [2.75, 3.05) is 38.5 Å². The number of phenols is 1. The molecule has 1 amide bonds. The molecule has 0 radical (unpaired) electrons. The molecule has 10 nitrogen and oxygen atoms in total. The van der Waals surface area contributed by atoms with Gasteiger partial charge in [-0.05, 0) is 79.7 Å². The Kier molecular flexibility index (Phi) is 7.98. The molecule has 0 atom stereocenters. The summed E-state index contributed by atoms with van der Waals surface area (Å²) in [5, 5.41) is 18.0. The lowest BCUT2D eigenvalue weighted by Crippen LogP contribution is -2.43. The van der Waals surface area contributed by atoms with Crippen molar-refractivity contribution in [2.24, 2.45) is 7.05 Å². The zero-order valence-corrected chi connectivity index (χ0v) is 25.0. The number of aryl methyl sites for hydroxylation is 2. The van der Waals surface area contributed by atoms with Gasteiger partial charge in [-0.2, -0.15) is 10.1 Å². The van der Waals surface area contributed by atoms with Gasteiger partial charge in [0.05, 0.1) is 10.6 Å². The van der Waals surface area contributed by atoms with Crippen LogP contribution in [0.4, 0.5) is 5.69 Å². The highest BCUT2D eigenvalue weighted by atomic mass is 35.5. The molecule has 1 saturated heterocycles. The molecule has 11 heteroatoms. The third kappa shape index (κ3) is 6.46. The second kappa shape index (κ2) is 12.0. The highest BCUT2D eigenvalue weighted by Crippen LogP contribution is 2.32. The molecule has 0 aliphatic carbocycles. The molecule has 1 fully saturated rings. The molecule has 0 unspecified atom stereocenters. The van der Waals surface area contributed by atoms with E-state index in [2.05, 4.69) is 50.2 Å². The molecule has 220 valence electrons. The number of likely N-dealkylation sites (N-methyl/N-ethyl adjacent to an activating group) is 1. The Hall–Kier alpha value is -4.51. The van der Waals surface area contributed by atoms with Gasteiger partial charge < -0.3 is 20.1 Å². The van der Waals surface area contributed by atoms with Crippen LogP contribution < -0.4 is 10.1 Å². The van der Waals surface area contributed by atoms with E-state index in [0.29, 0.717) is 38.9 Å². The van der Waals surface area contributed by atoms with E-state index in [1.165, 1.54) is 5.56 Å². The second-order valence-electron chi connectivity index (χ2n) is 10.9. The number of carbonyl (C=O) groups excluding carboxylic acids is 1. The van der Waals surface area contributed by atoms with Crippen LogP contribution in [0.25, 0.3) is 22.4 Å². The van der Waals surface area contributed by atoms with Gasteiger partial charge in [-0.25, -0.2) is 4.98 Å². The summed E-state index contributed by atoms with van der Waals surface area (Å²) in [5.74, 6) is 0.846. The minimum atomic E-state index is -0.347. The van der Waals surface area contributed by atoms with E-state index in [1.54, 1.807) is 60.4 Å². The van der Waals surface area contributed by atoms with Crippen molar-refractivity contribution in [1.82, 2.24) is 29.5 Å². The molecule has 0 saturated carbocycles. The van der Waals surface area contributed by atoms with E-state index < -0.39 is 0 Å². The number of hydrogen-bond donors (Lipinski definition) is 2. The molecule has 0 spiro atoms. The number of ether oxygens (including phenoxy) is 1. The molecule has 2 N–H and O–H groups in total. The molecule has 0 bridgehead atoms. The molecule has 6 rings (SSSR count). The van der Waals surface area contributed by atoms with Crippen LogP contribution in [0.3, 0.4) is 0 Å². The summed E-state index contributed by atoms with van der Waals surface area (Å²) in [4.78, 5) is 27.3. The zero-order chi connectivity index (χ0) is 30.1. The molecule has 5 aromatic rings. The van der Waals surface area contributed by atoms with Crippen LogP contribution in [-0.4, -0.2) is 73.8 Å². The minimum absolute atomic E-state index is 0.142. The molecular formula is C32H32ClN7O3. The van der Waals surface area contributed by atoms with Crippen molar-refractivity contribution in [2.45, 2.75) is 13.5 Å². The van der Waals surface area contributed by atoms with Gasteiger partial charge in [0.25, 0.3) is 5.91 Å². The lowest BCUT2D eigenvalue weighted by molar-refractivity contribution is 0.102. The first-order valence-electron chi connectivity index (χ1n) is 14.0. The van der Waals surface area contributed by atoms with E-state index in [1.807, 2.05) is 12.1 Å². The first-order valence-corrected chi connectivity index (χ1v) is 14.4. The number of anilines is 1. The number of hydrogen-bond acceptors (Lipinski definition) is 8. The number of fused-ring (bicyclic) bond motifs is 1. The summed E-state index contributed by atoms with van der Waals surface area (Å²) in [6, 6.07) is 17.4. The van der Waals surface area contributed by atoms with Crippen LogP contribution in [-0.2, 0) is 13.6 Å². The number of piperazine rings is 1. The monoisotopic (exact) mass is 597 g/mol. The molecule has 3 aromatic carbocycles. The van der Waals surface area contributed by atoms with E-state index in [4.69, 9.17) is 16.3 Å². The van der Waals surface area contributed by atoms with Crippen LogP contribution in [0.2, 0.25) is 5.02 Å². The number of aromatic nitrogens is 4. The Balaban J connectivity index is 1.21. The summed E-state index contributed by atoms with van der Waals surface area (Å²) in [5.41, 5.74) is 4.47. The maximum absolute atomic E-state index is 13.3. The fourth-order valence-corrected chi connectivity index (χ4v) is 5.26. The Morgan fingerprint density at radius 2 is 1.77 bits per heavy atom. The van der Waals surface area contributed by atoms with Gasteiger partial charge in [0.2, 0.25) is 5.88 Å². The number of benzene rings is 3. The maximum Gasteiger partial charge on any atom is 0.257 e. The Labute approximate surface area is 254 Å². The Bertz CT molecular complexity index is 1800. The van der Waals surface area contributed by atoms with Crippen molar-refractivity contribution in [3.8, 4) is 28.8 Å². The van der Waals surface area contributed by atoms with Gasteiger partial charge in [0.15, 0.2) is 11.5 Å². The van der Waals surface area contributed by atoms with Crippen LogP contribution >= 0.6 is 11.6 Å². The van der Waals surface area contributed by atoms with Gasteiger partial charge >= 0.3 is 0 Å². The summed E-state index contributed by atoms with van der Waals surface area (Å²) in [6.45, 7) is 7.19. The normalized spacial score (nSPS) is 14.2. The van der Waals surface area contributed by atoms with Crippen molar-refractivity contribution in [1.29, 1.82) is 0 Å². The lowest BCUT2D eigenvalue weighted by atomic mass is 10.1. The minimum Gasteiger partial charge on any atom is -0.508 e. The van der Waals surface area contributed by atoms with Crippen molar-refractivity contribution < 1.29 is 14.6 Å². The largest absolute Gasteiger partial charge is 0.508 e. The number of nitrogens with one attached hydrogen (secondary N) is 1.